The van der Waals surface area contributed by atoms with Crippen molar-refractivity contribution >= 4 is 5.91 Å². The number of rotatable bonds is 3. The summed E-state index contributed by atoms with van der Waals surface area (Å²) in [4.78, 5) is 12.3. The maximum absolute atomic E-state index is 13.7. The Morgan fingerprint density at radius 1 is 1.42 bits per heavy atom. The SMILES string of the molecule is C[C@@H](NC(=O)C1CC2CCC1N2)c1ccccc1F. The Morgan fingerprint density at radius 2 is 2.21 bits per heavy atom. The van der Waals surface area contributed by atoms with Crippen molar-refractivity contribution in [1.29, 1.82) is 0 Å². The van der Waals surface area contributed by atoms with E-state index < -0.39 is 0 Å². The second-order valence-corrected chi connectivity index (χ2v) is 5.64. The second kappa shape index (κ2) is 4.93. The normalized spacial score (nSPS) is 30.3. The van der Waals surface area contributed by atoms with Crippen LogP contribution in [0.3, 0.4) is 0 Å². The van der Waals surface area contributed by atoms with E-state index in [9.17, 15) is 9.18 Å². The molecule has 1 amide bonds. The van der Waals surface area contributed by atoms with Crippen molar-refractivity contribution in [2.75, 3.05) is 0 Å². The molecule has 0 spiro atoms. The number of amides is 1. The van der Waals surface area contributed by atoms with Gasteiger partial charge in [-0.2, -0.15) is 0 Å². The van der Waals surface area contributed by atoms with Gasteiger partial charge in [-0.15, -0.1) is 0 Å². The predicted octanol–water partition coefficient (Wildman–Crippen LogP) is 2.14. The van der Waals surface area contributed by atoms with Crippen LogP contribution in [-0.4, -0.2) is 18.0 Å². The van der Waals surface area contributed by atoms with Gasteiger partial charge in [-0.05, 0) is 32.3 Å². The van der Waals surface area contributed by atoms with Gasteiger partial charge in [0.1, 0.15) is 5.82 Å². The van der Waals surface area contributed by atoms with Crippen LogP contribution in [0.25, 0.3) is 0 Å². The van der Waals surface area contributed by atoms with E-state index in [1.54, 1.807) is 18.2 Å². The average Bonchev–Trinajstić information content (AvgIpc) is 3.01. The number of nitrogens with one attached hydrogen (secondary N) is 2. The highest BCUT2D eigenvalue weighted by molar-refractivity contribution is 5.80. The van der Waals surface area contributed by atoms with E-state index in [1.165, 1.54) is 12.5 Å². The molecule has 0 aliphatic carbocycles. The number of carbonyl (C=O) groups excluding carboxylic acids is 1. The van der Waals surface area contributed by atoms with E-state index in [2.05, 4.69) is 10.6 Å². The lowest BCUT2D eigenvalue weighted by Crippen LogP contribution is -2.38. The summed E-state index contributed by atoms with van der Waals surface area (Å²) in [5.74, 6) is -0.162. The van der Waals surface area contributed by atoms with Gasteiger partial charge < -0.3 is 10.6 Å². The van der Waals surface area contributed by atoms with Crippen LogP contribution in [0.1, 0.15) is 37.8 Å². The molecule has 0 saturated carbocycles. The van der Waals surface area contributed by atoms with Crippen molar-refractivity contribution in [3.63, 3.8) is 0 Å². The first-order chi connectivity index (χ1) is 9.15. The van der Waals surface area contributed by atoms with Crippen LogP contribution in [0.4, 0.5) is 4.39 Å². The van der Waals surface area contributed by atoms with Gasteiger partial charge in [-0.3, -0.25) is 4.79 Å². The molecule has 2 bridgehead atoms. The summed E-state index contributed by atoms with van der Waals surface area (Å²) in [6, 6.07) is 7.14. The summed E-state index contributed by atoms with van der Waals surface area (Å²) in [5, 5.41) is 6.39. The number of hydrogen-bond donors (Lipinski definition) is 2. The van der Waals surface area contributed by atoms with Crippen LogP contribution >= 0.6 is 0 Å². The first-order valence-electron chi connectivity index (χ1n) is 6.96. The number of benzene rings is 1. The fraction of sp³-hybridized carbons (Fsp3) is 0.533. The molecule has 1 aromatic carbocycles. The Hall–Kier alpha value is -1.42. The molecule has 4 atom stereocenters. The van der Waals surface area contributed by atoms with Crippen molar-refractivity contribution in [2.24, 2.45) is 5.92 Å². The maximum atomic E-state index is 13.7. The molecule has 0 aromatic heterocycles. The van der Waals surface area contributed by atoms with E-state index in [-0.39, 0.29) is 23.7 Å². The van der Waals surface area contributed by atoms with Crippen LogP contribution in [0.15, 0.2) is 24.3 Å². The van der Waals surface area contributed by atoms with Gasteiger partial charge in [-0.1, -0.05) is 18.2 Å². The maximum Gasteiger partial charge on any atom is 0.225 e. The zero-order valence-electron chi connectivity index (χ0n) is 11.0. The quantitative estimate of drug-likeness (QED) is 0.876. The van der Waals surface area contributed by atoms with Crippen LogP contribution in [0, 0.1) is 11.7 Å². The lowest BCUT2D eigenvalue weighted by Gasteiger charge is -2.22. The average molecular weight is 262 g/mol. The lowest BCUT2D eigenvalue weighted by molar-refractivity contribution is -0.126. The number of fused-ring (bicyclic) bond motifs is 2. The third-order valence-electron chi connectivity index (χ3n) is 4.37. The first kappa shape index (κ1) is 12.6. The molecule has 3 nitrogen and oxygen atoms in total. The van der Waals surface area contributed by atoms with Gasteiger partial charge >= 0.3 is 0 Å². The highest BCUT2D eigenvalue weighted by atomic mass is 19.1. The molecule has 2 fully saturated rings. The molecule has 0 radical (unpaired) electrons. The summed E-state index contributed by atoms with van der Waals surface area (Å²) >= 11 is 0. The Morgan fingerprint density at radius 3 is 2.84 bits per heavy atom. The first-order valence-corrected chi connectivity index (χ1v) is 6.96. The molecule has 3 rings (SSSR count). The number of hydrogen-bond acceptors (Lipinski definition) is 2. The highest BCUT2D eigenvalue weighted by Crippen LogP contribution is 2.33. The summed E-state index contributed by atoms with van der Waals surface area (Å²) in [7, 11) is 0. The molecule has 3 unspecified atom stereocenters. The van der Waals surface area contributed by atoms with E-state index in [4.69, 9.17) is 0 Å². The van der Waals surface area contributed by atoms with Crippen molar-refractivity contribution in [3.05, 3.63) is 35.6 Å². The van der Waals surface area contributed by atoms with E-state index in [1.807, 2.05) is 6.92 Å². The summed E-state index contributed by atoms with van der Waals surface area (Å²) in [6.45, 7) is 1.83. The van der Waals surface area contributed by atoms with Crippen LogP contribution in [0.5, 0.6) is 0 Å². The number of carbonyl (C=O) groups is 1. The molecule has 4 heteroatoms. The largest absolute Gasteiger partial charge is 0.349 e. The van der Waals surface area contributed by atoms with Crippen LogP contribution < -0.4 is 10.6 Å². The minimum atomic E-state index is -0.284. The Bertz CT molecular complexity index is 491. The topological polar surface area (TPSA) is 41.1 Å². The van der Waals surface area contributed by atoms with Crippen LogP contribution in [0.2, 0.25) is 0 Å². The molecular formula is C15H19FN2O. The molecular weight excluding hydrogens is 243 g/mol. The smallest absolute Gasteiger partial charge is 0.225 e. The van der Waals surface area contributed by atoms with Gasteiger partial charge in [0.2, 0.25) is 5.91 Å². The minimum absolute atomic E-state index is 0.0490. The molecule has 2 heterocycles. The monoisotopic (exact) mass is 262 g/mol. The van der Waals surface area contributed by atoms with Gasteiger partial charge in [0.15, 0.2) is 0 Å². The Labute approximate surface area is 112 Å². The Kier molecular flexibility index (Phi) is 3.27. The zero-order chi connectivity index (χ0) is 13.4. The Balaban J connectivity index is 1.65. The standard InChI is InChI=1S/C15H19FN2O/c1-9(11-4-2-3-5-13(11)16)17-15(19)12-8-10-6-7-14(12)18-10/h2-5,9-10,12,14,18H,6-8H2,1H3,(H,17,19)/t9-,10?,12?,14?/m1/s1. The molecule has 2 saturated heterocycles. The predicted molar refractivity (Wildman–Crippen MR) is 71.0 cm³/mol. The fourth-order valence-electron chi connectivity index (χ4n) is 3.34. The molecule has 2 aliphatic rings. The lowest BCUT2D eigenvalue weighted by atomic mass is 9.88. The van der Waals surface area contributed by atoms with E-state index in [0.717, 1.165) is 12.8 Å². The summed E-state index contributed by atoms with van der Waals surface area (Å²) in [5.41, 5.74) is 0.548. The van der Waals surface area contributed by atoms with Crippen molar-refractivity contribution in [1.82, 2.24) is 10.6 Å². The third kappa shape index (κ3) is 2.37. The zero-order valence-corrected chi connectivity index (χ0v) is 11.0. The summed E-state index contributed by atoms with van der Waals surface area (Å²) < 4.78 is 13.7. The van der Waals surface area contributed by atoms with Crippen LogP contribution in [-0.2, 0) is 4.79 Å². The molecule has 2 aliphatic heterocycles. The van der Waals surface area contributed by atoms with Crippen molar-refractivity contribution in [2.45, 2.75) is 44.3 Å². The third-order valence-corrected chi connectivity index (χ3v) is 4.37. The van der Waals surface area contributed by atoms with Gasteiger partial charge in [0, 0.05) is 17.6 Å². The molecule has 1 aromatic rings. The molecule has 19 heavy (non-hydrogen) atoms. The van der Waals surface area contributed by atoms with Gasteiger partial charge in [-0.25, -0.2) is 4.39 Å². The van der Waals surface area contributed by atoms with E-state index >= 15 is 0 Å². The van der Waals surface area contributed by atoms with E-state index in [0.29, 0.717) is 17.6 Å². The van der Waals surface area contributed by atoms with Crippen molar-refractivity contribution in [3.8, 4) is 0 Å². The molecule has 2 N–H and O–H groups in total. The summed E-state index contributed by atoms with van der Waals surface area (Å²) in [6.07, 6.45) is 3.18. The number of halogens is 1. The fourth-order valence-corrected chi connectivity index (χ4v) is 3.34. The van der Waals surface area contributed by atoms with Gasteiger partial charge in [0.25, 0.3) is 0 Å². The molecule has 102 valence electrons. The van der Waals surface area contributed by atoms with Crippen molar-refractivity contribution < 1.29 is 9.18 Å². The highest BCUT2D eigenvalue weighted by Gasteiger charge is 2.42. The minimum Gasteiger partial charge on any atom is -0.349 e. The van der Waals surface area contributed by atoms with Gasteiger partial charge in [0.05, 0.1) is 12.0 Å². The second-order valence-electron chi connectivity index (χ2n) is 5.64.